The van der Waals surface area contributed by atoms with Gasteiger partial charge in [0.15, 0.2) is 11.5 Å². The van der Waals surface area contributed by atoms with E-state index in [-0.39, 0.29) is 5.91 Å². The van der Waals surface area contributed by atoms with Crippen LogP contribution >= 0.6 is 0 Å². The molecule has 0 fully saturated rings. The van der Waals surface area contributed by atoms with Gasteiger partial charge in [-0.3, -0.25) is 4.79 Å². The molecule has 2 aromatic carbocycles. The van der Waals surface area contributed by atoms with Gasteiger partial charge < -0.3 is 14.8 Å². The van der Waals surface area contributed by atoms with E-state index in [4.69, 9.17) is 9.47 Å². The molecule has 0 unspecified atom stereocenters. The molecule has 0 spiro atoms. The maximum Gasteiger partial charge on any atom is 0.251 e. The van der Waals surface area contributed by atoms with Crippen molar-refractivity contribution in [2.24, 2.45) is 0 Å². The Bertz CT molecular complexity index is 911. The fourth-order valence-electron chi connectivity index (χ4n) is 2.50. The van der Waals surface area contributed by atoms with Gasteiger partial charge in [-0.05, 0) is 36.8 Å². The number of ether oxygens (including phenoxy) is 2. The quantitative estimate of drug-likeness (QED) is 0.684. The van der Waals surface area contributed by atoms with Crippen molar-refractivity contribution in [3.05, 3.63) is 66.2 Å². The number of carbonyl (C=O) groups is 1. The van der Waals surface area contributed by atoms with Gasteiger partial charge in [0.2, 0.25) is 5.88 Å². The Morgan fingerprint density at radius 2 is 1.81 bits per heavy atom. The van der Waals surface area contributed by atoms with Crippen molar-refractivity contribution < 1.29 is 14.3 Å². The third kappa shape index (κ3) is 4.61. The fourth-order valence-corrected chi connectivity index (χ4v) is 2.50. The Balaban J connectivity index is 1.76. The first-order valence-corrected chi connectivity index (χ1v) is 8.74. The van der Waals surface area contributed by atoms with Crippen LogP contribution in [0.4, 0.5) is 0 Å². The van der Waals surface area contributed by atoms with Crippen LogP contribution in [0, 0.1) is 0 Å². The van der Waals surface area contributed by atoms with Gasteiger partial charge in [-0.1, -0.05) is 31.2 Å². The predicted octanol–water partition coefficient (Wildman–Crippen LogP) is 4.08. The van der Waals surface area contributed by atoms with E-state index in [0.717, 1.165) is 12.0 Å². The summed E-state index contributed by atoms with van der Waals surface area (Å²) in [5.41, 5.74) is 2.07. The lowest BCUT2D eigenvalue weighted by Crippen LogP contribution is -2.23. The van der Waals surface area contributed by atoms with Crippen LogP contribution in [-0.4, -0.2) is 29.8 Å². The van der Waals surface area contributed by atoms with E-state index < -0.39 is 0 Å². The van der Waals surface area contributed by atoms with Crippen molar-refractivity contribution in [3.63, 3.8) is 0 Å². The van der Waals surface area contributed by atoms with Crippen molar-refractivity contribution in [1.29, 1.82) is 0 Å². The van der Waals surface area contributed by atoms with Crippen LogP contribution in [0.15, 0.2) is 60.7 Å². The van der Waals surface area contributed by atoms with Gasteiger partial charge in [-0.25, -0.2) is 0 Å². The average molecular weight is 363 g/mol. The Kier molecular flexibility index (Phi) is 5.99. The van der Waals surface area contributed by atoms with Crippen molar-refractivity contribution in [2.45, 2.75) is 13.3 Å². The number of aromatic nitrogens is 2. The first-order chi connectivity index (χ1) is 13.2. The van der Waals surface area contributed by atoms with Crippen molar-refractivity contribution in [3.8, 4) is 28.6 Å². The molecule has 1 amide bonds. The summed E-state index contributed by atoms with van der Waals surface area (Å²) in [5.74, 6) is 1.45. The average Bonchev–Trinajstić information content (AvgIpc) is 2.73. The Labute approximate surface area is 158 Å². The third-order valence-electron chi connectivity index (χ3n) is 3.88. The van der Waals surface area contributed by atoms with E-state index in [0.29, 0.717) is 35.2 Å². The standard InChI is InChI=1S/C21H21N3O3/c1-3-13-22-21(25)16-8-6-7-15(14-16)17-11-12-20(24-23-17)27-19-10-5-4-9-18(19)26-2/h4-12,14H,3,13H2,1-2H3,(H,22,25). The molecule has 0 radical (unpaired) electrons. The molecule has 138 valence electrons. The second-order valence-corrected chi connectivity index (χ2v) is 5.85. The second kappa shape index (κ2) is 8.80. The van der Waals surface area contributed by atoms with Crippen molar-refractivity contribution >= 4 is 5.91 Å². The molecule has 3 aromatic rings. The largest absolute Gasteiger partial charge is 0.493 e. The Hall–Kier alpha value is -3.41. The van der Waals surface area contributed by atoms with E-state index >= 15 is 0 Å². The molecule has 6 nitrogen and oxygen atoms in total. The molecule has 6 heteroatoms. The minimum atomic E-state index is -0.0946. The van der Waals surface area contributed by atoms with Gasteiger partial charge in [-0.15, -0.1) is 10.2 Å². The maximum atomic E-state index is 12.1. The van der Waals surface area contributed by atoms with E-state index in [2.05, 4.69) is 15.5 Å². The highest BCUT2D eigenvalue weighted by atomic mass is 16.5. The van der Waals surface area contributed by atoms with E-state index in [1.807, 2.05) is 37.3 Å². The number of para-hydroxylation sites is 2. The molecule has 0 bridgehead atoms. The third-order valence-corrected chi connectivity index (χ3v) is 3.88. The van der Waals surface area contributed by atoms with Gasteiger partial charge in [0.25, 0.3) is 5.91 Å². The van der Waals surface area contributed by atoms with Crippen LogP contribution in [-0.2, 0) is 0 Å². The predicted molar refractivity (Wildman–Crippen MR) is 103 cm³/mol. The lowest BCUT2D eigenvalue weighted by atomic mass is 10.1. The van der Waals surface area contributed by atoms with Gasteiger partial charge in [0, 0.05) is 23.7 Å². The summed E-state index contributed by atoms with van der Waals surface area (Å²) < 4.78 is 11.0. The number of methoxy groups -OCH3 is 1. The number of hydrogen-bond acceptors (Lipinski definition) is 5. The van der Waals surface area contributed by atoms with Gasteiger partial charge in [0.05, 0.1) is 12.8 Å². The van der Waals surface area contributed by atoms with E-state index in [9.17, 15) is 4.79 Å². The monoisotopic (exact) mass is 363 g/mol. The van der Waals surface area contributed by atoms with Crippen molar-refractivity contribution in [2.75, 3.05) is 13.7 Å². The maximum absolute atomic E-state index is 12.1. The Morgan fingerprint density at radius 1 is 1.00 bits per heavy atom. The first-order valence-electron chi connectivity index (χ1n) is 8.74. The zero-order valence-electron chi connectivity index (χ0n) is 15.3. The number of rotatable bonds is 7. The molecule has 1 N–H and O–H groups in total. The summed E-state index contributed by atoms with van der Waals surface area (Å²) in [7, 11) is 1.58. The highest BCUT2D eigenvalue weighted by Gasteiger charge is 2.09. The molecule has 0 aliphatic carbocycles. The van der Waals surface area contributed by atoms with E-state index in [1.54, 1.807) is 37.4 Å². The number of nitrogens with zero attached hydrogens (tertiary/aromatic N) is 2. The van der Waals surface area contributed by atoms with Crippen LogP contribution in [0.25, 0.3) is 11.3 Å². The zero-order valence-corrected chi connectivity index (χ0v) is 15.3. The highest BCUT2D eigenvalue weighted by molar-refractivity contribution is 5.95. The first kappa shape index (κ1) is 18.4. The lowest BCUT2D eigenvalue weighted by Gasteiger charge is -2.09. The van der Waals surface area contributed by atoms with Gasteiger partial charge in [-0.2, -0.15) is 0 Å². The molecule has 0 aliphatic rings. The summed E-state index contributed by atoms with van der Waals surface area (Å²) >= 11 is 0. The minimum absolute atomic E-state index is 0.0946. The summed E-state index contributed by atoms with van der Waals surface area (Å²) in [5, 5.41) is 11.2. The normalized spacial score (nSPS) is 10.3. The minimum Gasteiger partial charge on any atom is -0.493 e. The molecular weight excluding hydrogens is 342 g/mol. The SMILES string of the molecule is CCCNC(=O)c1cccc(-c2ccc(Oc3ccccc3OC)nn2)c1. The summed E-state index contributed by atoms with van der Waals surface area (Å²) in [6.07, 6.45) is 0.893. The van der Waals surface area contributed by atoms with Gasteiger partial charge >= 0.3 is 0 Å². The molecule has 0 saturated carbocycles. The number of nitrogens with one attached hydrogen (secondary N) is 1. The number of amides is 1. The molecular formula is C21H21N3O3. The highest BCUT2D eigenvalue weighted by Crippen LogP contribution is 2.30. The van der Waals surface area contributed by atoms with Crippen LogP contribution in [0.1, 0.15) is 23.7 Å². The lowest BCUT2D eigenvalue weighted by molar-refractivity contribution is 0.0953. The fraction of sp³-hybridized carbons (Fsp3) is 0.190. The number of hydrogen-bond donors (Lipinski definition) is 1. The molecule has 3 rings (SSSR count). The smallest absolute Gasteiger partial charge is 0.251 e. The second-order valence-electron chi connectivity index (χ2n) is 5.85. The molecule has 0 saturated heterocycles. The summed E-state index contributed by atoms with van der Waals surface area (Å²) in [6.45, 7) is 2.67. The number of benzene rings is 2. The van der Waals surface area contributed by atoms with Crippen LogP contribution in [0.5, 0.6) is 17.4 Å². The zero-order chi connectivity index (χ0) is 19.1. The molecule has 27 heavy (non-hydrogen) atoms. The summed E-state index contributed by atoms with van der Waals surface area (Å²) in [4.78, 5) is 12.1. The summed E-state index contributed by atoms with van der Waals surface area (Å²) in [6, 6.07) is 18.2. The van der Waals surface area contributed by atoms with E-state index in [1.165, 1.54) is 0 Å². The van der Waals surface area contributed by atoms with Crippen LogP contribution < -0.4 is 14.8 Å². The Morgan fingerprint density at radius 3 is 2.52 bits per heavy atom. The molecule has 0 atom stereocenters. The van der Waals surface area contributed by atoms with Gasteiger partial charge in [0.1, 0.15) is 0 Å². The van der Waals surface area contributed by atoms with Crippen LogP contribution in [0.2, 0.25) is 0 Å². The van der Waals surface area contributed by atoms with Crippen LogP contribution in [0.3, 0.4) is 0 Å². The molecule has 1 aromatic heterocycles. The number of carbonyl (C=O) groups excluding carboxylic acids is 1. The molecule has 1 heterocycles. The molecule has 0 aliphatic heterocycles. The topological polar surface area (TPSA) is 73.3 Å². The van der Waals surface area contributed by atoms with Crippen molar-refractivity contribution in [1.82, 2.24) is 15.5 Å².